The zero-order chi connectivity index (χ0) is 26.4. The van der Waals surface area contributed by atoms with Gasteiger partial charge in [-0.05, 0) is 104 Å². The van der Waals surface area contributed by atoms with Gasteiger partial charge >= 0.3 is 0 Å². The van der Waals surface area contributed by atoms with Crippen molar-refractivity contribution in [2.24, 2.45) is 56.7 Å². The third-order valence-corrected chi connectivity index (χ3v) is 14.3. The fraction of sp³-hybridized carbons (Fsp3) is 0.968. The molecule has 204 valence electrons. The molecule has 1 aliphatic heterocycles. The van der Waals surface area contributed by atoms with E-state index in [1.807, 2.05) is 0 Å². The predicted molar refractivity (Wildman–Crippen MR) is 138 cm³/mol. The molecule has 2 spiro atoms. The molecule has 6 fully saturated rings. The summed E-state index contributed by atoms with van der Waals surface area (Å²) in [6.45, 7) is 17.2. The number of ether oxygens (including phenoxy) is 1. The molecule has 5 nitrogen and oxygen atoms in total. The fourth-order valence-corrected chi connectivity index (χ4v) is 12.4. The zero-order valence-corrected chi connectivity index (χ0v) is 23.8. The van der Waals surface area contributed by atoms with E-state index in [9.17, 15) is 20.1 Å². The van der Waals surface area contributed by atoms with Crippen molar-refractivity contribution in [1.29, 1.82) is 0 Å². The second-order valence-corrected chi connectivity index (χ2v) is 15.8. The normalized spacial score (nSPS) is 58.1. The lowest BCUT2D eigenvalue weighted by Gasteiger charge is -2.62. The number of fused-ring (bicyclic) bond motifs is 4. The summed E-state index contributed by atoms with van der Waals surface area (Å²) in [4.78, 5) is 14.6. The van der Waals surface area contributed by atoms with E-state index in [1.165, 1.54) is 6.42 Å². The topological polar surface area (TPSA) is 87.0 Å². The minimum atomic E-state index is -1.27. The quantitative estimate of drug-likeness (QED) is 0.507. The van der Waals surface area contributed by atoms with Crippen molar-refractivity contribution >= 4 is 5.78 Å². The van der Waals surface area contributed by atoms with E-state index in [-0.39, 0.29) is 45.4 Å². The van der Waals surface area contributed by atoms with Crippen LogP contribution in [0.15, 0.2) is 0 Å². The highest BCUT2D eigenvalue weighted by Gasteiger charge is 2.88. The van der Waals surface area contributed by atoms with Crippen LogP contribution in [0.3, 0.4) is 0 Å². The van der Waals surface area contributed by atoms with Crippen molar-refractivity contribution in [3.05, 3.63) is 0 Å². The van der Waals surface area contributed by atoms with Gasteiger partial charge in [-0.25, -0.2) is 0 Å². The van der Waals surface area contributed by atoms with Crippen molar-refractivity contribution < 1.29 is 24.9 Å². The van der Waals surface area contributed by atoms with E-state index < -0.39 is 29.3 Å². The van der Waals surface area contributed by atoms with Crippen molar-refractivity contribution in [1.82, 2.24) is 0 Å². The van der Waals surface area contributed by atoms with Gasteiger partial charge in [0.1, 0.15) is 12.2 Å². The highest BCUT2D eigenvalue weighted by atomic mass is 16.5. The van der Waals surface area contributed by atoms with Gasteiger partial charge in [-0.15, -0.1) is 0 Å². The van der Waals surface area contributed by atoms with Crippen molar-refractivity contribution in [3.63, 3.8) is 0 Å². The number of hydrogen-bond donors (Lipinski definition) is 3. The summed E-state index contributed by atoms with van der Waals surface area (Å²) in [7, 11) is 0. The van der Waals surface area contributed by atoms with Gasteiger partial charge in [0, 0.05) is 11.3 Å². The average molecular weight is 503 g/mol. The number of aliphatic hydroxyl groups is 3. The Hall–Kier alpha value is -0.490. The van der Waals surface area contributed by atoms with Crippen molar-refractivity contribution in [2.45, 2.75) is 130 Å². The number of rotatable bonds is 2. The molecule has 13 atom stereocenters. The lowest BCUT2D eigenvalue weighted by molar-refractivity contribution is -0.193. The van der Waals surface area contributed by atoms with Gasteiger partial charge in [-0.3, -0.25) is 4.79 Å². The molecule has 0 aromatic heterocycles. The van der Waals surface area contributed by atoms with E-state index in [1.54, 1.807) is 13.8 Å². The summed E-state index contributed by atoms with van der Waals surface area (Å²) >= 11 is 0. The van der Waals surface area contributed by atoms with Crippen LogP contribution >= 0.6 is 0 Å². The van der Waals surface area contributed by atoms with E-state index >= 15 is 0 Å². The molecule has 6 aliphatic rings. The van der Waals surface area contributed by atoms with E-state index in [0.29, 0.717) is 24.2 Å². The third kappa shape index (κ3) is 2.56. The first kappa shape index (κ1) is 25.8. The molecule has 0 radical (unpaired) electrons. The highest BCUT2D eigenvalue weighted by molar-refractivity contribution is 5.93. The van der Waals surface area contributed by atoms with Crippen LogP contribution in [0.4, 0.5) is 0 Å². The van der Waals surface area contributed by atoms with Crippen LogP contribution in [0.1, 0.15) is 100 Å². The molecule has 5 aliphatic carbocycles. The number of ketones is 1. The molecule has 36 heavy (non-hydrogen) atoms. The van der Waals surface area contributed by atoms with Gasteiger partial charge in [-0.1, -0.05) is 41.5 Å². The van der Waals surface area contributed by atoms with Crippen LogP contribution < -0.4 is 0 Å². The zero-order valence-electron chi connectivity index (χ0n) is 23.8. The number of Topliss-reactive ketones (excluding diaryl/α,β-unsaturated/α-hetero) is 1. The number of hydrogen-bond acceptors (Lipinski definition) is 5. The molecular weight excluding hydrogens is 452 g/mol. The smallest absolute Gasteiger partial charge is 0.168 e. The van der Waals surface area contributed by atoms with Gasteiger partial charge in [-0.2, -0.15) is 0 Å². The Morgan fingerprint density at radius 3 is 2.22 bits per heavy atom. The van der Waals surface area contributed by atoms with E-state index in [0.717, 1.165) is 32.1 Å². The Morgan fingerprint density at radius 1 is 0.972 bits per heavy atom. The van der Waals surface area contributed by atoms with Gasteiger partial charge < -0.3 is 20.1 Å². The average Bonchev–Trinajstić information content (AvgIpc) is 3.27. The van der Waals surface area contributed by atoms with Gasteiger partial charge in [0.2, 0.25) is 0 Å². The summed E-state index contributed by atoms with van der Waals surface area (Å²) < 4.78 is 6.52. The largest absolute Gasteiger partial charge is 0.393 e. The molecule has 0 amide bonds. The maximum absolute atomic E-state index is 14.6. The summed E-state index contributed by atoms with van der Waals surface area (Å²) in [5.74, 6) is 2.14. The minimum absolute atomic E-state index is 0.0750. The SMILES string of the molecule is C[C@@H]1CC([C@H](O)C(C)(C)O)OC2C(=O)[C@@]3(C)[C@@H]4CCC5C(C)(C)[C@@H](O)CC[C@@]56[C@@H](C)[C@@]46CC[C@]3(C)C21. The summed E-state index contributed by atoms with van der Waals surface area (Å²) in [5, 5.41) is 32.3. The van der Waals surface area contributed by atoms with Crippen LogP contribution in [0.25, 0.3) is 0 Å². The lowest BCUT2D eigenvalue weighted by Crippen LogP contribution is -2.59. The molecule has 1 saturated heterocycles. The summed E-state index contributed by atoms with van der Waals surface area (Å²) in [6.07, 6.45) is 4.81. The molecule has 0 aromatic carbocycles. The predicted octanol–water partition coefficient (Wildman–Crippen LogP) is 4.75. The van der Waals surface area contributed by atoms with Crippen LogP contribution in [-0.2, 0) is 9.53 Å². The molecule has 3 N–H and O–H groups in total. The van der Waals surface area contributed by atoms with Crippen LogP contribution in [-0.4, -0.2) is 51.1 Å². The summed E-state index contributed by atoms with van der Waals surface area (Å²) in [5.41, 5.74) is -1.45. The van der Waals surface area contributed by atoms with Crippen molar-refractivity contribution in [2.75, 3.05) is 0 Å². The molecule has 6 rings (SSSR count). The van der Waals surface area contributed by atoms with Crippen LogP contribution in [0, 0.1) is 56.7 Å². The van der Waals surface area contributed by atoms with E-state index in [4.69, 9.17) is 4.74 Å². The second kappa shape index (κ2) is 7.17. The monoisotopic (exact) mass is 502 g/mol. The maximum atomic E-state index is 14.6. The third-order valence-electron chi connectivity index (χ3n) is 14.3. The van der Waals surface area contributed by atoms with Gasteiger partial charge in [0.15, 0.2) is 5.78 Å². The minimum Gasteiger partial charge on any atom is -0.393 e. The highest BCUT2D eigenvalue weighted by Crippen LogP contribution is 2.91. The first-order valence-corrected chi connectivity index (χ1v) is 14.8. The molecule has 5 saturated carbocycles. The lowest BCUT2D eigenvalue weighted by atomic mass is 9.41. The molecule has 4 unspecified atom stereocenters. The Labute approximate surface area is 217 Å². The first-order chi connectivity index (χ1) is 16.5. The van der Waals surface area contributed by atoms with Gasteiger partial charge in [0.25, 0.3) is 0 Å². The summed E-state index contributed by atoms with van der Waals surface area (Å²) in [6, 6.07) is 0. The Morgan fingerprint density at radius 2 is 1.58 bits per heavy atom. The second-order valence-electron chi connectivity index (χ2n) is 15.8. The van der Waals surface area contributed by atoms with Crippen LogP contribution in [0.2, 0.25) is 0 Å². The van der Waals surface area contributed by atoms with Gasteiger partial charge in [0.05, 0.1) is 17.8 Å². The standard InChI is InChI=1S/C31H50O5/c1-16-15-18(24(33)27(5,6)35)36-23-22(16)28(7)13-14-31-17(2)30(31)12-11-21(32)26(3,4)19(30)9-10-20(31)29(28,8)25(23)34/h16-24,32-33,35H,9-15H2,1-8H3/t16-,17-,18?,19?,20+,21+,22?,23?,24+,28-,29-,30-,31+/m1/s1. The molecule has 5 heteroatoms. The Kier molecular flexibility index (Phi) is 5.13. The van der Waals surface area contributed by atoms with Crippen LogP contribution in [0.5, 0.6) is 0 Å². The van der Waals surface area contributed by atoms with Crippen molar-refractivity contribution in [3.8, 4) is 0 Å². The Balaban J connectivity index is 1.39. The number of carbonyl (C=O) groups excluding carboxylic acids is 1. The maximum Gasteiger partial charge on any atom is 0.168 e. The fourth-order valence-electron chi connectivity index (χ4n) is 12.4. The number of aliphatic hydroxyl groups excluding tert-OH is 2. The molecule has 1 heterocycles. The molecule has 0 aromatic rings. The van der Waals surface area contributed by atoms with E-state index in [2.05, 4.69) is 41.5 Å². The molecular formula is C31H50O5. The Bertz CT molecular complexity index is 969. The number of carbonyl (C=O) groups is 1. The molecule has 0 bridgehead atoms. The first-order valence-electron chi connectivity index (χ1n) is 14.8.